The summed E-state index contributed by atoms with van der Waals surface area (Å²) >= 11 is 12.4. The number of halogens is 2. The Bertz CT molecular complexity index is 818. The maximum atomic E-state index is 13.2. The van der Waals surface area contributed by atoms with E-state index < -0.39 is 0 Å². The second-order valence-electron chi connectivity index (χ2n) is 7.63. The summed E-state index contributed by atoms with van der Waals surface area (Å²) in [6.45, 7) is 2.68. The van der Waals surface area contributed by atoms with Crippen molar-refractivity contribution in [2.45, 2.75) is 31.7 Å². The van der Waals surface area contributed by atoms with Crippen molar-refractivity contribution in [3.05, 3.63) is 63.6 Å². The molecule has 29 heavy (non-hydrogen) atoms. The van der Waals surface area contributed by atoms with Crippen molar-refractivity contribution in [1.82, 2.24) is 9.80 Å². The van der Waals surface area contributed by atoms with Gasteiger partial charge in [-0.1, -0.05) is 41.4 Å². The maximum Gasteiger partial charge on any atom is 0.227 e. The lowest BCUT2D eigenvalue weighted by Crippen LogP contribution is -2.47. The van der Waals surface area contributed by atoms with E-state index in [-0.39, 0.29) is 11.9 Å². The summed E-state index contributed by atoms with van der Waals surface area (Å²) in [6, 6.07) is 13.5. The van der Waals surface area contributed by atoms with Crippen molar-refractivity contribution < 1.29 is 9.53 Å². The van der Waals surface area contributed by atoms with Crippen LogP contribution in [0.1, 0.15) is 24.0 Å². The van der Waals surface area contributed by atoms with E-state index in [1.165, 1.54) is 0 Å². The summed E-state index contributed by atoms with van der Waals surface area (Å²) < 4.78 is 5.21. The average Bonchev–Trinajstić information content (AvgIpc) is 2.71. The Morgan fingerprint density at radius 3 is 2.45 bits per heavy atom. The average molecular weight is 435 g/mol. The smallest absolute Gasteiger partial charge is 0.227 e. The minimum absolute atomic E-state index is 0.162. The van der Waals surface area contributed by atoms with E-state index in [4.69, 9.17) is 27.9 Å². The lowest BCUT2D eigenvalue weighted by molar-refractivity contribution is -0.133. The van der Waals surface area contributed by atoms with Gasteiger partial charge in [-0.15, -0.1) is 0 Å². The summed E-state index contributed by atoms with van der Waals surface area (Å²) in [5.41, 5.74) is 2.02. The lowest BCUT2D eigenvalue weighted by atomic mass is 10.0. The summed E-state index contributed by atoms with van der Waals surface area (Å²) in [7, 11) is 3.77. The molecule has 156 valence electrons. The number of hydrogen-bond donors (Lipinski definition) is 0. The SMILES string of the molecule is COc1ccc(CC(=O)N(CCc2ccc(Cl)cc2Cl)C2CCN(C)CC2)cc1. The first kappa shape index (κ1) is 21.9. The number of rotatable bonds is 7. The normalized spacial score (nSPS) is 15.3. The molecule has 6 heteroatoms. The zero-order valence-corrected chi connectivity index (χ0v) is 18.5. The van der Waals surface area contributed by atoms with Crippen molar-refractivity contribution in [1.29, 1.82) is 0 Å². The predicted molar refractivity (Wildman–Crippen MR) is 119 cm³/mol. The number of carbonyl (C=O) groups excluding carboxylic acids is 1. The predicted octanol–water partition coefficient (Wildman–Crippen LogP) is 4.71. The highest BCUT2D eigenvalue weighted by molar-refractivity contribution is 6.35. The molecule has 0 radical (unpaired) electrons. The molecule has 4 nitrogen and oxygen atoms in total. The number of piperidine rings is 1. The number of nitrogens with zero attached hydrogens (tertiary/aromatic N) is 2. The highest BCUT2D eigenvalue weighted by Crippen LogP contribution is 2.23. The van der Waals surface area contributed by atoms with Crippen molar-refractivity contribution in [3.63, 3.8) is 0 Å². The molecule has 0 bridgehead atoms. The molecule has 1 heterocycles. The fourth-order valence-corrected chi connectivity index (χ4v) is 4.31. The van der Waals surface area contributed by atoms with Crippen LogP contribution in [-0.2, 0) is 17.6 Å². The minimum atomic E-state index is 0.162. The van der Waals surface area contributed by atoms with Crippen LogP contribution in [0.2, 0.25) is 10.0 Å². The van der Waals surface area contributed by atoms with Crippen molar-refractivity contribution in [2.75, 3.05) is 33.8 Å². The molecule has 0 aromatic heterocycles. The molecule has 1 saturated heterocycles. The fraction of sp³-hybridized carbons (Fsp3) is 0.435. The third-order valence-corrected chi connectivity index (χ3v) is 6.19. The molecule has 0 aliphatic carbocycles. The molecule has 0 N–H and O–H groups in total. The Hall–Kier alpha value is -1.75. The molecule has 1 aliphatic rings. The Kier molecular flexibility index (Phi) is 7.82. The minimum Gasteiger partial charge on any atom is -0.497 e. The van der Waals surface area contributed by atoms with E-state index in [0.29, 0.717) is 23.0 Å². The molecule has 1 fully saturated rings. The summed E-state index contributed by atoms with van der Waals surface area (Å²) in [6.07, 6.45) is 3.11. The zero-order valence-electron chi connectivity index (χ0n) is 17.0. The van der Waals surface area contributed by atoms with Gasteiger partial charge in [0, 0.05) is 22.6 Å². The van der Waals surface area contributed by atoms with Gasteiger partial charge in [-0.2, -0.15) is 0 Å². The summed E-state index contributed by atoms with van der Waals surface area (Å²) in [4.78, 5) is 17.6. The van der Waals surface area contributed by atoms with Gasteiger partial charge in [0.25, 0.3) is 0 Å². The quantitative estimate of drug-likeness (QED) is 0.632. The molecule has 0 atom stereocenters. The van der Waals surface area contributed by atoms with Crippen molar-refractivity contribution >= 4 is 29.1 Å². The van der Waals surface area contributed by atoms with Crippen molar-refractivity contribution in [2.24, 2.45) is 0 Å². The highest BCUT2D eigenvalue weighted by atomic mass is 35.5. The second-order valence-corrected chi connectivity index (χ2v) is 8.48. The van der Waals surface area contributed by atoms with Gasteiger partial charge in [0.2, 0.25) is 5.91 Å². The number of methoxy groups -OCH3 is 1. The topological polar surface area (TPSA) is 32.8 Å². The molecule has 3 rings (SSSR count). The number of ether oxygens (including phenoxy) is 1. The molecular weight excluding hydrogens is 407 g/mol. The second kappa shape index (κ2) is 10.3. The lowest BCUT2D eigenvalue weighted by Gasteiger charge is -2.37. The first-order valence-corrected chi connectivity index (χ1v) is 10.8. The van der Waals surface area contributed by atoms with Gasteiger partial charge in [0.15, 0.2) is 0 Å². The van der Waals surface area contributed by atoms with Crippen LogP contribution < -0.4 is 4.74 Å². The van der Waals surface area contributed by atoms with Crippen LogP contribution in [0.3, 0.4) is 0 Å². The number of amides is 1. The highest BCUT2D eigenvalue weighted by Gasteiger charge is 2.27. The van der Waals surface area contributed by atoms with Gasteiger partial charge in [-0.3, -0.25) is 4.79 Å². The van der Waals surface area contributed by atoms with Crippen LogP contribution in [0.15, 0.2) is 42.5 Å². The summed E-state index contributed by atoms with van der Waals surface area (Å²) in [5, 5.41) is 1.28. The van der Waals surface area contributed by atoms with E-state index >= 15 is 0 Å². The molecule has 0 spiro atoms. The largest absolute Gasteiger partial charge is 0.497 e. The number of likely N-dealkylation sites (tertiary alicyclic amines) is 1. The maximum absolute atomic E-state index is 13.2. The van der Waals surface area contributed by atoms with Crippen LogP contribution in [0, 0.1) is 0 Å². The van der Waals surface area contributed by atoms with Gasteiger partial charge in [-0.25, -0.2) is 0 Å². The van der Waals surface area contributed by atoms with Gasteiger partial charge in [-0.05, 0) is 74.8 Å². The monoisotopic (exact) mass is 434 g/mol. The molecule has 0 saturated carbocycles. The number of carbonyl (C=O) groups is 1. The van der Waals surface area contributed by atoms with E-state index in [2.05, 4.69) is 16.8 Å². The molecule has 2 aromatic carbocycles. The van der Waals surface area contributed by atoms with Gasteiger partial charge >= 0.3 is 0 Å². The summed E-state index contributed by atoms with van der Waals surface area (Å²) in [5.74, 6) is 0.959. The molecule has 0 unspecified atom stereocenters. The van der Waals surface area contributed by atoms with E-state index in [0.717, 1.165) is 49.2 Å². The molecular formula is C23H28Cl2N2O2. The third-order valence-electron chi connectivity index (χ3n) is 5.60. The van der Waals surface area contributed by atoms with Gasteiger partial charge in [0.1, 0.15) is 5.75 Å². The zero-order chi connectivity index (χ0) is 20.8. The fourth-order valence-electron chi connectivity index (χ4n) is 3.80. The standard InChI is InChI=1S/C23H28Cl2N2O2/c1-26-12-10-20(11-13-26)27(14-9-18-5-6-19(24)16-22(18)25)23(28)15-17-3-7-21(29-2)8-4-17/h3-8,16,20H,9-15H2,1-2H3. The third kappa shape index (κ3) is 6.11. The van der Waals surface area contributed by atoms with Gasteiger partial charge < -0.3 is 14.5 Å². The van der Waals surface area contributed by atoms with Crippen LogP contribution in [0.25, 0.3) is 0 Å². The van der Waals surface area contributed by atoms with Crippen LogP contribution in [0.5, 0.6) is 5.75 Å². The molecule has 2 aromatic rings. The Morgan fingerprint density at radius 2 is 1.83 bits per heavy atom. The van der Waals surface area contributed by atoms with Crippen molar-refractivity contribution in [3.8, 4) is 5.75 Å². The first-order chi connectivity index (χ1) is 14.0. The van der Waals surface area contributed by atoms with Crippen LogP contribution in [0.4, 0.5) is 0 Å². The van der Waals surface area contributed by atoms with E-state index in [1.54, 1.807) is 13.2 Å². The Morgan fingerprint density at radius 1 is 1.14 bits per heavy atom. The molecule has 1 aliphatic heterocycles. The van der Waals surface area contributed by atoms with E-state index in [1.807, 2.05) is 36.4 Å². The molecule has 1 amide bonds. The Balaban J connectivity index is 1.71. The number of hydrogen-bond acceptors (Lipinski definition) is 3. The first-order valence-electron chi connectivity index (χ1n) is 10.0. The van der Waals surface area contributed by atoms with Crippen LogP contribution >= 0.6 is 23.2 Å². The van der Waals surface area contributed by atoms with Crippen LogP contribution in [-0.4, -0.2) is 55.5 Å². The van der Waals surface area contributed by atoms with Gasteiger partial charge in [0.05, 0.1) is 13.5 Å². The number of benzene rings is 2. The van der Waals surface area contributed by atoms with E-state index in [9.17, 15) is 4.79 Å². The Labute approximate surface area is 183 Å².